The Morgan fingerprint density at radius 2 is 1.74 bits per heavy atom. The van der Waals surface area contributed by atoms with Gasteiger partial charge in [0.15, 0.2) is 0 Å². The number of carbonyl (C=O) groups excluding carboxylic acids is 3. The van der Waals surface area contributed by atoms with Crippen LogP contribution < -0.4 is 9.64 Å². The van der Waals surface area contributed by atoms with Crippen molar-refractivity contribution in [2.45, 2.75) is 20.3 Å². The zero-order chi connectivity index (χ0) is 16.3. The number of esters is 1. The molecule has 2 amide bonds. The average molecular weight is 311 g/mol. The van der Waals surface area contributed by atoms with E-state index in [0.29, 0.717) is 11.4 Å². The van der Waals surface area contributed by atoms with Gasteiger partial charge in [0.1, 0.15) is 5.75 Å². The van der Waals surface area contributed by atoms with E-state index in [1.807, 2.05) is 6.92 Å². The van der Waals surface area contributed by atoms with Gasteiger partial charge in [0.05, 0.1) is 17.5 Å². The largest absolute Gasteiger partial charge is 0.427 e. The third-order valence-corrected chi connectivity index (χ3v) is 5.14. The minimum Gasteiger partial charge on any atom is -0.427 e. The van der Waals surface area contributed by atoms with Crippen molar-refractivity contribution in [3.8, 4) is 5.75 Å². The highest BCUT2D eigenvalue weighted by Crippen LogP contribution is 2.53. The molecule has 2 fully saturated rings. The summed E-state index contributed by atoms with van der Waals surface area (Å²) >= 11 is 0. The molecule has 4 rings (SSSR count). The lowest BCUT2D eigenvalue weighted by Gasteiger charge is -2.19. The molecule has 1 aromatic carbocycles. The number of amides is 2. The van der Waals surface area contributed by atoms with Gasteiger partial charge in [-0.25, -0.2) is 4.90 Å². The molecule has 5 heteroatoms. The van der Waals surface area contributed by atoms with E-state index in [1.54, 1.807) is 18.2 Å². The molecule has 2 aliphatic carbocycles. The molecular formula is C18H17NO4. The molecule has 23 heavy (non-hydrogen) atoms. The highest BCUT2D eigenvalue weighted by molar-refractivity contribution is 6.23. The number of hydrogen-bond acceptors (Lipinski definition) is 4. The smallest absolute Gasteiger partial charge is 0.308 e. The Labute approximate surface area is 133 Å². The van der Waals surface area contributed by atoms with Gasteiger partial charge in [0.25, 0.3) is 0 Å². The molecule has 3 aliphatic rings. The molecule has 118 valence electrons. The lowest BCUT2D eigenvalue weighted by molar-refractivity contribution is -0.132. The Balaban J connectivity index is 1.68. The number of aryl methyl sites for hydroxylation is 1. The molecule has 0 spiro atoms. The summed E-state index contributed by atoms with van der Waals surface area (Å²) in [6.45, 7) is 3.14. The third-order valence-electron chi connectivity index (χ3n) is 5.14. The van der Waals surface area contributed by atoms with E-state index in [2.05, 4.69) is 12.2 Å². The second kappa shape index (κ2) is 4.78. The summed E-state index contributed by atoms with van der Waals surface area (Å²) in [7, 11) is 0. The van der Waals surface area contributed by atoms with Crippen LogP contribution in [0.15, 0.2) is 30.4 Å². The quantitative estimate of drug-likeness (QED) is 0.364. The molecule has 1 saturated heterocycles. The Kier molecular flexibility index (Phi) is 2.95. The Morgan fingerprint density at radius 1 is 1.13 bits per heavy atom. The first-order valence-corrected chi connectivity index (χ1v) is 7.82. The Morgan fingerprint density at radius 3 is 2.26 bits per heavy atom. The van der Waals surface area contributed by atoms with Crippen LogP contribution in [-0.4, -0.2) is 17.8 Å². The zero-order valence-corrected chi connectivity index (χ0v) is 13.0. The maximum atomic E-state index is 12.8. The third kappa shape index (κ3) is 1.96. The highest BCUT2D eigenvalue weighted by Gasteiger charge is 2.59. The van der Waals surface area contributed by atoms with Crippen LogP contribution in [0.5, 0.6) is 5.75 Å². The van der Waals surface area contributed by atoms with Crippen molar-refractivity contribution in [1.29, 1.82) is 0 Å². The molecule has 0 N–H and O–H groups in total. The second-order valence-corrected chi connectivity index (χ2v) is 6.55. The summed E-state index contributed by atoms with van der Waals surface area (Å²) < 4.78 is 5.05. The van der Waals surface area contributed by atoms with Gasteiger partial charge >= 0.3 is 5.97 Å². The molecule has 0 unspecified atom stereocenters. The number of carbonyl (C=O) groups is 3. The van der Waals surface area contributed by atoms with Crippen LogP contribution in [0, 0.1) is 30.6 Å². The summed E-state index contributed by atoms with van der Waals surface area (Å²) in [5.41, 5.74) is 1.33. The topological polar surface area (TPSA) is 63.7 Å². The summed E-state index contributed by atoms with van der Waals surface area (Å²) in [6.07, 6.45) is 5.08. The van der Waals surface area contributed by atoms with Crippen LogP contribution in [0.2, 0.25) is 0 Å². The van der Waals surface area contributed by atoms with Gasteiger partial charge in [0.2, 0.25) is 11.8 Å². The average Bonchev–Trinajstić information content (AvgIpc) is 3.14. The number of allylic oxidation sites excluding steroid dienone is 2. The van der Waals surface area contributed by atoms with Crippen molar-refractivity contribution < 1.29 is 19.1 Å². The normalized spacial score (nSPS) is 31.0. The number of anilines is 1. The zero-order valence-electron chi connectivity index (χ0n) is 13.0. The molecule has 4 atom stereocenters. The molecule has 1 saturated carbocycles. The molecule has 0 aromatic heterocycles. The van der Waals surface area contributed by atoms with Crippen LogP contribution in [0.1, 0.15) is 18.9 Å². The van der Waals surface area contributed by atoms with Gasteiger partial charge in [0, 0.05) is 6.92 Å². The second-order valence-electron chi connectivity index (χ2n) is 6.55. The molecular weight excluding hydrogens is 294 g/mol. The number of imide groups is 1. The SMILES string of the molecule is CC(=O)Oc1ccc(N2C(=O)[C@@H]3[C@@H](C2=O)[C@@H]2C=C[C@@H]3C2)c(C)c1. The highest BCUT2D eigenvalue weighted by atomic mass is 16.5. The number of hydrogen-bond donors (Lipinski definition) is 0. The van der Waals surface area contributed by atoms with Gasteiger partial charge < -0.3 is 4.74 Å². The summed E-state index contributed by atoms with van der Waals surface area (Å²) in [5.74, 6) is -0.183. The number of benzene rings is 1. The maximum Gasteiger partial charge on any atom is 0.308 e. The first kappa shape index (κ1) is 14.2. The van der Waals surface area contributed by atoms with Crippen molar-refractivity contribution in [3.63, 3.8) is 0 Å². The van der Waals surface area contributed by atoms with Crippen molar-refractivity contribution in [2.75, 3.05) is 4.90 Å². The lowest BCUT2D eigenvalue weighted by Crippen LogP contribution is -2.33. The van der Waals surface area contributed by atoms with E-state index in [4.69, 9.17) is 4.74 Å². The van der Waals surface area contributed by atoms with Gasteiger partial charge in [-0.05, 0) is 48.9 Å². The van der Waals surface area contributed by atoms with E-state index in [0.717, 1.165) is 12.0 Å². The van der Waals surface area contributed by atoms with E-state index in [9.17, 15) is 14.4 Å². The number of fused-ring (bicyclic) bond motifs is 5. The number of nitrogens with zero attached hydrogens (tertiary/aromatic N) is 1. The predicted molar refractivity (Wildman–Crippen MR) is 82.7 cm³/mol. The summed E-state index contributed by atoms with van der Waals surface area (Å²) in [4.78, 5) is 37.9. The molecule has 1 heterocycles. The van der Waals surface area contributed by atoms with Crippen molar-refractivity contribution in [1.82, 2.24) is 0 Å². The number of rotatable bonds is 2. The molecule has 2 bridgehead atoms. The minimum atomic E-state index is -0.400. The van der Waals surface area contributed by atoms with Crippen molar-refractivity contribution in [3.05, 3.63) is 35.9 Å². The minimum absolute atomic E-state index is 0.0970. The van der Waals surface area contributed by atoms with Gasteiger partial charge in [-0.2, -0.15) is 0 Å². The van der Waals surface area contributed by atoms with Gasteiger partial charge in [-0.15, -0.1) is 0 Å². The van der Waals surface area contributed by atoms with E-state index in [-0.39, 0.29) is 35.5 Å². The molecule has 5 nitrogen and oxygen atoms in total. The number of ether oxygens (including phenoxy) is 1. The summed E-state index contributed by atoms with van der Waals surface area (Å²) in [5, 5.41) is 0. The molecule has 0 radical (unpaired) electrons. The fourth-order valence-corrected chi connectivity index (χ4v) is 4.25. The summed E-state index contributed by atoms with van der Waals surface area (Å²) in [6, 6.07) is 4.98. The van der Waals surface area contributed by atoms with Crippen molar-refractivity contribution in [2.24, 2.45) is 23.7 Å². The lowest BCUT2D eigenvalue weighted by atomic mass is 9.85. The van der Waals surface area contributed by atoms with Gasteiger partial charge in [-0.3, -0.25) is 14.4 Å². The Bertz CT molecular complexity index is 736. The standard InChI is InChI=1S/C18H17NO4/c1-9-7-13(23-10(2)20)5-6-14(9)19-17(21)15-11-3-4-12(8-11)16(15)18(19)22/h3-7,11-12,15-16H,8H2,1-2H3/t11-,12-,15+,16+/m1/s1. The monoisotopic (exact) mass is 311 g/mol. The fourth-order valence-electron chi connectivity index (χ4n) is 4.25. The van der Waals surface area contributed by atoms with Crippen LogP contribution in [0.3, 0.4) is 0 Å². The van der Waals surface area contributed by atoms with E-state index < -0.39 is 5.97 Å². The maximum absolute atomic E-state index is 12.8. The predicted octanol–water partition coefficient (Wildman–Crippen LogP) is 2.23. The first-order chi connectivity index (χ1) is 11.0. The fraction of sp³-hybridized carbons (Fsp3) is 0.389. The molecule has 1 aromatic rings. The van der Waals surface area contributed by atoms with Crippen LogP contribution in [0.4, 0.5) is 5.69 Å². The van der Waals surface area contributed by atoms with Crippen molar-refractivity contribution >= 4 is 23.5 Å². The van der Waals surface area contributed by atoms with E-state index >= 15 is 0 Å². The van der Waals surface area contributed by atoms with Crippen LogP contribution in [0.25, 0.3) is 0 Å². The molecule has 1 aliphatic heterocycles. The van der Waals surface area contributed by atoms with E-state index in [1.165, 1.54) is 11.8 Å². The van der Waals surface area contributed by atoms with Crippen LogP contribution >= 0.6 is 0 Å². The van der Waals surface area contributed by atoms with Crippen LogP contribution in [-0.2, 0) is 14.4 Å². The first-order valence-electron chi connectivity index (χ1n) is 7.82. The van der Waals surface area contributed by atoms with Gasteiger partial charge in [-0.1, -0.05) is 12.2 Å². The Hall–Kier alpha value is -2.43.